The number of rotatable bonds is 20. The molecule has 20 nitrogen and oxygen atoms in total. The normalized spacial score (nSPS) is 31.5. The maximum absolute atomic E-state index is 14.8. The highest BCUT2D eigenvalue weighted by Crippen LogP contribution is 2.71. The Labute approximate surface area is 560 Å². The van der Waals surface area contributed by atoms with E-state index in [0.717, 1.165) is 11.1 Å². The lowest BCUT2D eigenvalue weighted by molar-refractivity contribution is -0.172. The molecule has 2 saturated heterocycles. The Hall–Kier alpha value is -7.46. The first-order valence-corrected chi connectivity index (χ1v) is 33.3. The van der Waals surface area contributed by atoms with Gasteiger partial charge in [0.05, 0.1) is 45.7 Å². The Morgan fingerprint density at radius 2 is 0.917 bits per heavy atom. The van der Waals surface area contributed by atoms with Crippen molar-refractivity contribution < 1.29 is 97.3 Å². The number of carbonyl (C=O) groups excluding carboxylic acids is 6. The highest BCUT2D eigenvalue weighted by atomic mass is 16.6. The Morgan fingerprint density at radius 1 is 0.562 bits per heavy atom. The molecule has 8 bridgehead atoms. The number of aromatic hydroxyl groups is 2. The van der Waals surface area contributed by atoms with Crippen LogP contribution in [0.5, 0.6) is 34.5 Å². The summed E-state index contributed by atoms with van der Waals surface area (Å²) in [6.07, 6.45) is 18.3. The summed E-state index contributed by atoms with van der Waals surface area (Å²) in [5.41, 5.74) is -8.02. The van der Waals surface area contributed by atoms with E-state index in [-0.39, 0.29) is 82.9 Å². The highest BCUT2D eigenvalue weighted by Gasteiger charge is 2.83. The number of ketones is 4. The molecular formula is C76H92O20. The van der Waals surface area contributed by atoms with Crippen LogP contribution in [0.3, 0.4) is 0 Å². The van der Waals surface area contributed by atoms with Crippen LogP contribution in [-0.2, 0) is 51.0 Å². The fourth-order valence-electron chi connectivity index (χ4n) is 16.7. The summed E-state index contributed by atoms with van der Waals surface area (Å²) in [7, 11) is 0. The Morgan fingerprint density at radius 3 is 1.24 bits per heavy atom. The summed E-state index contributed by atoms with van der Waals surface area (Å²) in [6.45, 7) is 29.2. The number of Topliss-reactive ketones (excluding diaryl/α,β-unsaturated/α-hetero) is 4. The molecule has 2 spiro atoms. The minimum Gasteiger partial charge on any atom is -0.506 e. The van der Waals surface area contributed by atoms with Crippen molar-refractivity contribution in [2.24, 2.45) is 23.7 Å². The van der Waals surface area contributed by atoms with E-state index in [0.29, 0.717) is 96.4 Å². The van der Waals surface area contributed by atoms with E-state index in [2.05, 4.69) is 0 Å². The second-order valence-electron chi connectivity index (χ2n) is 31.0. The molecule has 0 aromatic heterocycles. The van der Waals surface area contributed by atoms with E-state index in [9.17, 15) is 59.4 Å². The largest absolute Gasteiger partial charge is 0.506 e. The van der Waals surface area contributed by atoms with Gasteiger partial charge in [0.15, 0.2) is 45.5 Å². The zero-order valence-corrected chi connectivity index (χ0v) is 57.9. The quantitative estimate of drug-likeness (QED) is 0.0408. The number of fused-ring (bicyclic) bond motifs is 4. The predicted octanol–water partition coefficient (Wildman–Crippen LogP) is 10.9. The maximum atomic E-state index is 14.8. The fraction of sp³-hybridized carbons (Fsp3) is 0.553. The zero-order chi connectivity index (χ0) is 70.4. The minimum absolute atomic E-state index is 0.00293. The summed E-state index contributed by atoms with van der Waals surface area (Å²) in [5.74, 6) is -2.23. The minimum atomic E-state index is -1.60. The van der Waals surface area contributed by atoms with Gasteiger partial charge in [0.1, 0.15) is 68.3 Å². The number of benzene rings is 2. The fourth-order valence-corrected chi connectivity index (χ4v) is 16.7. The number of ether oxygens (including phenoxy) is 8. The third-order valence-corrected chi connectivity index (χ3v) is 21.8. The van der Waals surface area contributed by atoms with Crippen molar-refractivity contribution >= 4 is 48.2 Å². The smallest absolute Gasteiger partial charge is 0.298 e. The summed E-state index contributed by atoms with van der Waals surface area (Å²) in [4.78, 5) is 80.4. The van der Waals surface area contributed by atoms with Crippen LogP contribution in [0, 0.1) is 23.7 Å². The Bertz CT molecular complexity index is 3690. The van der Waals surface area contributed by atoms with Crippen LogP contribution >= 0.6 is 0 Å². The Balaban J connectivity index is 0.000000195. The van der Waals surface area contributed by atoms with Gasteiger partial charge in [-0.1, -0.05) is 35.5 Å². The van der Waals surface area contributed by atoms with Gasteiger partial charge in [0.25, 0.3) is 12.9 Å². The molecule has 2 aromatic rings. The number of phenolic OH excluding ortho intramolecular Hbond substituents is 2. The lowest BCUT2D eigenvalue weighted by atomic mass is 9.51. The van der Waals surface area contributed by atoms with Crippen LogP contribution < -0.4 is 18.9 Å². The molecule has 0 radical (unpaired) electrons. The summed E-state index contributed by atoms with van der Waals surface area (Å²) in [5, 5.41) is 65.4. The molecule has 6 aliphatic heterocycles. The van der Waals surface area contributed by atoms with E-state index in [1.807, 2.05) is 81.4 Å². The van der Waals surface area contributed by atoms with Gasteiger partial charge >= 0.3 is 0 Å². The van der Waals surface area contributed by atoms with Gasteiger partial charge in [-0.05, 0) is 199 Å². The molecule has 14 rings (SSSR count). The predicted molar refractivity (Wildman–Crippen MR) is 353 cm³/mol. The van der Waals surface area contributed by atoms with Gasteiger partial charge in [-0.15, -0.1) is 0 Å². The van der Waals surface area contributed by atoms with Gasteiger partial charge in [-0.2, -0.15) is 0 Å². The SMILES string of the molecule is CC(C)=CCc1c2c(c(O)c3c1O[C@]14C(=C[C@@H]5CC1C(C)(C)O[C@]4(C/C=C(/C)OC=O)C5=O)C3=O)C=C[C@@](C)(CCC(O)C(C)(C)O)O2.CC(C)=CCc1c2c(c(O)c3c1O[C@]14C(=C[C@H]5CC1C(C)(C)O[C@]4(C/C=C(/C)OC=O)C5=O)C3=O)C=C[C@](C)(CCC(O)C(C)(C)O)O2. The van der Waals surface area contributed by atoms with Gasteiger partial charge in [0, 0.05) is 58.8 Å². The third-order valence-electron chi connectivity index (χ3n) is 21.8. The Kier molecular flexibility index (Phi) is 17.2. The van der Waals surface area contributed by atoms with Crippen LogP contribution in [0.2, 0.25) is 0 Å². The first-order chi connectivity index (χ1) is 44.6. The second kappa shape index (κ2) is 23.6. The zero-order valence-electron chi connectivity index (χ0n) is 57.9. The van der Waals surface area contributed by atoms with E-state index in [1.54, 1.807) is 90.2 Å². The molecule has 20 heteroatoms. The first kappa shape index (κ1) is 69.9. The molecule has 12 aliphatic rings. The van der Waals surface area contributed by atoms with Gasteiger partial charge in [-0.25, -0.2) is 0 Å². The average molecular weight is 1330 g/mol. The van der Waals surface area contributed by atoms with Crippen LogP contribution in [0.25, 0.3) is 12.2 Å². The summed E-state index contributed by atoms with van der Waals surface area (Å²) in [6, 6.07) is 0. The van der Waals surface area contributed by atoms with Gasteiger partial charge < -0.3 is 68.5 Å². The molecule has 4 fully saturated rings. The van der Waals surface area contributed by atoms with Crippen molar-refractivity contribution in [1.82, 2.24) is 0 Å². The van der Waals surface area contributed by atoms with E-state index >= 15 is 0 Å². The van der Waals surface area contributed by atoms with Crippen molar-refractivity contribution in [3.8, 4) is 34.5 Å². The standard InChI is InChI=1S/2C38H46O10/c2*1-20(2)9-10-24-31-23(12-14-36(8,46-31)15-13-27(40)34(4,5)44)29(41)28-30(42)25-17-22-18-26-35(6,7)48-37(33(22)43,16-11-21(3)45-19-39)38(25,26)47-32(24)28/h2*9,11-12,14,17,19,22,26-27,40-41,44H,10,13,15-16,18H2,1-8H3/b2*21-11-/t22-,26?,27?,36+,37+,38+;22-,26?,27?,36+,37-,38-/m01/s1. The molecule has 0 amide bonds. The van der Waals surface area contributed by atoms with Gasteiger partial charge in [0.2, 0.25) is 0 Å². The van der Waals surface area contributed by atoms with Crippen molar-refractivity contribution in [3.05, 3.63) is 116 Å². The number of aliphatic hydroxyl groups excluding tert-OH is 2. The van der Waals surface area contributed by atoms with E-state index in [1.165, 1.54) is 0 Å². The number of allylic oxidation sites excluding steroid dienone is 8. The number of hydrogen-bond acceptors (Lipinski definition) is 20. The molecule has 2 aromatic carbocycles. The molecule has 6 N–H and O–H groups in total. The van der Waals surface area contributed by atoms with Crippen molar-refractivity contribution in [3.63, 3.8) is 0 Å². The lowest BCUT2D eigenvalue weighted by Gasteiger charge is -2.56. The number of aliphatic hydroxyl groups is 4. The molecule has 516 valence electrons. The van der Waals surface area contributed by atoms with Crippen LogP contribution in [0.4, 0.5) is 0 Å². The molecule has 2 saturated carbocycles. The van der Waals surface area contributed by atoms with Gasteiger partial charge in [-0.3, -0.25) is 28.8 Å². The topological polar surface area (TPSA) is 298 Å². The second-order valence-corrected chi connectivity index (χ2v) is 31.0. The number of carbonyl (C=O) groups is 6. The lowest BCUT2D eigenvalue weighted by Crippen LogP contribution is -2.72. The van der Waals surface area contributed by atoms with Crippen LogP contribution in [0.1, 0.15) is 205 Å². The first-order valence-electron chi connectivity index (χ1n) is 33.3. The molecule has 4 unspecified atom stereocenters. The van der Waals surface area contributed by atoms with Crippen LogP contribution in [0.15, 0.2) is 82.4 Å². The molecule has 6 aliphatic carbocycles. The summed E-state index contributed by atoms with van der Waals surface area (Å²) >= 11 is 0. The average Bonchev–Trinajstić information content (AvgIpc) is 1.41. The number of phenols is 2. The molecule has 12 atom stereocenters. The van der Waals surface area contributed by atoms with E-state index < -0.39 is 103 Å². The van der Waals surface area contributed by atoms with Crippen LogP contribution in [-0.4, -0.2) is 135 Å². The molecular weight excluding hydrogens is 1230 g/mol. The third kappa shape index (κ3) is 10.8. The highest BCUT2D eigenvalue weighted by molar-refractivity contribution is 6.20. The number of hydrogen-bond donors (Lipinski definition) is 6. The van der Waals surface area contributed by atoms with E-state index in [4.69, 9.17) is 37.9 Å². The van der Waals surface area contributed by atoms with Crippen molar-refractivity contribution in [2.45, 2.75) is 243 Å². The molecule has 6 heterocycles. The van der Waals surface area contributed by atoms with Crippen molar-refractivity contribution in [2.75, 3.05) is 0 Å². The monoisotopic (exact) mass is 1320 g/mol. The summed E-state index contributed by atoms with van der Waals surface area (Å²) < 4.78 is 51.2. The maximum Gasteiger partial charge on any atom is 0.298 e. The molecule has 96 heavy (non-hydrogen) atoms. The van der Waals surface area contributed by atoms with Crippen molar-refractivity contribution in [1.29, 1.82) is 0 Å².